The maximum Gasteiger partial charge on any atom is 0.323 e. The number of carbonyl (C=O) groups is 2. The van der Waals surface area contributed by atoms with Crippen molar-refractivity contribution in [2.75, 3.05) is 14.2 Å². The summed E-state index contributed by atoms with van der Waals surface area (Å²) in [6.45, 7) is 2.03. The number of carbonyl (C=O) groups excluding carboxylic acids is 2. The van der Waals surface area contributed by atoms with E-state index >= 15 is 0 Å². The van der Waals surface area contributed by atoms with Crippen molar-refractivity contribution < 1.29 is 23.8 Å². The van der Waals surface area contributed by atoms with E-state index in [1.807, 2.05) is 13.0 Å². The Hall–Kier alpha value is -1.62. The molecule has 0 aromatic rings. The molecule has 3 aliphatic rings. The molecule has 2 aliphatic carbocycles. The summed E-state index contributed by atoms with van der Waals surface area (Å²) in [5, 5.41) is 0. The van der Waals surface area contributed by atoms with Crippen molar-refractivity contribution in [1.82, 2.24) is 0 Å². The van der Waals surface area contributed by atoms with Crippen molar-refractivity contribution in [3.63, 3.8) is 0 Å². The van der Waals surface area contributed by atoms with Gasteiger partial charge in [-0.1, -0.05) is 6.08 Å². The second-order valence-electron chi connectivity index (χ2n) is 6.27. The predicted octanol–water partition coefficient (Wildman–Crippen LogP) is 2.31. The molecule has 0 bridgehead atoms. The molecule has 1 heterocycles. The summed E-state index contributed by atoms with van der Waals surface area (Å²) in [4.78, 5) is 24.7. The first-order valence-corrected chi connectivity index (χ1v) is 7.78. The van der Waals surface area contributed by atoms with Crippen LogP contribution in [0, 0.1) is 5.41 Å². The molecule has 5 heteroatoms. The minimum Gasteiger partial charge on any atom is -0.468 e. The third-order valence-corrected chi connectivity index (χ3v) is 5.14. The van der Waals surface area contributed by atoms with Crippen molar-refractivity contribution in [1.29, 1.82) is 0 Å². The quantitative estimate of drug-likeness (QED) is 0.579. The van der Waals surface area contributed by atoms with E-state index in [0.29, 0.717) is 12.8 Å². The monoisotopic (exact) mass is 306 g/mol. The van der Waals surface area contributed by atoms with Crippen LogP contribution in [0.4, 0.5) is 0 Å². The highest BCUT2D eigenvalue weighted by atomic mass is 16.5. The molecule has 0 aromatic carbocycles. The summed E-state index contributed by atoms with van der Waals surface area (Å²) in [5.41, 5.74) is 2.24. The first-order chi connectivity index (χ1) is 10.5. The topological polar surface area (TPSA) is 61.8 Å². The molecule has 0 amide bonds. The largest absolute Gasteiger partial charge is 0.468 e. The minimum absolute atomic E-state index is 0.00939. The van der Waals surface area contributed by atoms with Gasteiger partial charge in [0.15, 0.2) is 5.41 Å². The Morgan fingerprint density at radius 2 is 1.95 bits per heavy atom. The van der Waals surface area contributed by atoms with Crippen LogP contribution in [0.3, 0.4) is 0 Å². The van der Waals surface area contributed by atoms with Crippen LogP contribution in [-0.2, 0) is 23.8 Å². The molecule has 0 N–H and O–H groups in total. The highest BCUT2D eigenvalue weighted by Crippen LogP contribution is 2.49. The number of hydrogen-bond acceptors (Lipinski definition) is 5. The number of rotatable bonds is 2. The zero-order valence-electron chi connectivity index (χ0n) is 13.3. The van der Waals surface area contributed by atoms with E-state index < -0.39 is 17.4 Å². The van der Waals surface area contributed by atoms with Crippen molar-refractivity contribution in [3.05, 3.63) is 22.8 Å². The van der Waals surface area contributed by atoms with Crippen LogP contribution >= 0.6 is 0 Å². The van der Waals surface area contributed by atoms with E-state index in [2.05, 4.69) is 0 Å². The normalized spacial score (nSPS) is 29.3. The average Bonchev–Trinajstić information content (AvgIpc) is 3.01. The lowest BCUT2D eigenvalue weighted by atomic mass is 9.69. The molecule has 5 nitrogen and oxygen atoms in total. The van der Waals surface area contributed by atoms with Crippen LogP contribution in [0.15, 0.2) is 22.8 Å². The Morgan fingerprint density at radius 3 is 2.59 bits per heavy atom. The highest BCUT2D eigenvalue weighted by molar-refractivity contribution is 6.01. The number of hydrogen-bond donors (Lipinski definition) is 0. The zero-order chi connectivity index (χ0) is 15.9. The van der Waals surface area contributed by atoms with Gasteiger partial charge in [-0.15, -0.1) is 0 Å². The minimum atomic E-state index is -1.25. The Labute approximate surface area is 130 Å². The van der Waals surface area contributed by atoms with Crippen molar-refractivity contribution in [2.24, 2.45) is 5.41 Å². The molecule has 1 aliphatic heterocycles. The second kappa shape index (κ2) is 5.54. The summed E-state index contributed by atoms with van der Waals surface area (Å²) < 4.78 is 15.9. The SMILES string of the molecule is COC(=O)C1(C(=O)OC)CC=C2C(=C3CCC[C@@H]3O[C@H]2C)C1. The summed E-state index contributed by atoms with van der Waals surface area (Å²) in [7, 11) is 2.63. The molecular formula is C17H22O5. The highest BCUT2D eigenvalue weighted by Gasteiger charge is 2.52. The van der Waals surface area contributed by atoms with Gasteiger partial charge < -0.3 is 14.2 Å². The Morgan fingerprint density at radius 1 is 1.27 bits per heavy atom. The van der Waals surface area contributed by atoms with Crippen molar-refractivity contribution in [3.8, 4) is 0 Å². The number of methoxy groups -OCH3 is 2. The van der Waals surface area contributed by atoms with Crippen molar-refractivity contribution >= 4 is 11.9 Å². The molecule has 3 rings (SSSR count). The van der Waals surface area contributed by atoms with Crippen LogP contribution in [0.2, 0.25) is 0 Å². The molecular weight excluding hydrogens is 284 g/mol. The Kier molecular flexibility index (Phi) is 3.85. The molecule has 0 saturated heterocycles. The first-order valence-electron chi connectivity index (χ1n) is 7.78. The van der Waals surface area contributed by atoms with Crippen LogP contribution in [0.1, 0.15) is 39.0 Å². The van der Waals surface area contributed by atoms with E-state index in [9.17, 15) is 9.59 Å². The van der Waals surface area contributed by atoms with E-state index in [0.717, 1.165) is 30.4 Å². The molecule has 0 spiro atoms. The van der Waals surface area contributed by atoms with Gasteiger partial charge in [0.05, 0.1) is 26.4 Å². The van der Waals surface area contributed by atoms with Gasteiger partial charge in [-0.05, 0) is 55.7 Å². The molecule has 0 aromatic heterocycles. The second-order valence-corrected chi connectivity index (χ2v) is 6.27. The summed E-state index contributed by atoms with van der Waals surface area (Å²) in [6, 6.07) is 0. The lowest BCUT2D eigenvalue weighted by Gasteiger charge is -2.39. The lowest BCUT2D eigenvalue weighted by Crippen LogP contribution is -2.45. The van der Waals surface area contributed by atoms with E-state index in [1.165, 1.54) is 19.8 Å². The zero-order valence-corrected chi connectivity index (χ0v) is 13.3. The summed E-state index contributed by atoms with van der Waals surface area (Å²) >= 11 is 0. The lowest BCUT2D eigenvalue weighted by molar-refractivity contribution is -0.169. The number of esters is 2. The maximum atomic E-state index is 12.3. The summed E-state index contributed by atoms with van der Waals surface area (Å²) in [5.74, 6) is -1.03. The van der Waals surface area contributed by atoms with Crippen LogP contribution in [-0.4, -0.2) is 38.4 Å². The third-order valence-electron chi connectivity index (χ3n) is 5.14. The fraction of sp³-hybridized carbons (Fsp3) is 0.647. The number of allylic oxidation sites excluding steroid dienone is 1. The van der Waals surface area contributed by atoms with Gasteiger partial charge in [0.1, 0.15) is 0 Å². The molecule has 0 unspecified atom stereocenters. The van der Waals surface area contributed by atoms with Crippen LogP contribution in [0.5, 0.6) is 0 Å². The van der Waals surface area contributed by atoms with E-state index in [-0.39, 0.29) is 12.2 Å². The molecule has 2 atom stereocenters. The van der Waals surface area contributed by atoms with Gasteiger partial charge >= 0.3 is 11.9 Å². The molecule has 120 valence electrons. The maximum absolute atomic E-state index is 12.3. The Bertz CT molecular complexity index is 556. The van der Waals surface area contributed by atoms with Gasteiger partial charge in [0.25, 0.3) is 0 Å². The molecule has 1 saturated carbocycles. The first kappa shape index (κ1) is 15.3. The fourth-order valence-electron chi connectivity index (χ4n) is 4.01. The third kappa shape index (κ3) is 2.10. The molecule has 22 heavy (non-hydrogen) atoms. The van der Waals surface area contributed by atoms with Crippen LogP contribution in [0.25, 0.3) is 0 Å². The van der Waals surface area contributed by atoms with Gasteiger partial charge in [0, 0.05) is 0 Å². The van der Waals surface area contributed by atoms with Crippen LogP contribution < -0.4 is 0 Å². The summed E-state index contributed by atoms with van der Waals surface area (Å²) in [6.07, 6.45) is 5.84. The average molecular weight is 306 g/mol. The Balaban J connectivity index is 2.07. The molecule has 1 fully saturated rings. The number of fused-ring (bicyclic) bond motifs is 2. The smallest absolute Gasteiger partial charge is 0.323 e. The van der Waals surface area contributed by atoms with Gasteiger partial charge in [-0.3, -0.25) is 9.59 Å². The molecule has 0 radical (unpaired) electrons. The standard InChI is InChI=1S/C17H22O5/c1-10-11-7-8-17(15(18)20-2,16(19)21-3)9-13(11)12-5-4-6-14(12)22-10/h7,10,14H,4-6,8-9H2,1-3H3/t10-,14-/m0/s1. The van der Waals surface area contributed by atoms with E-state index in [1.54, 1.807) is 0 Å². The van der Waals surface area contributed by atoms with Gasteiger partial charge in [0.2, 0.25) is 0 Å². The van der Waals surface area contributed by atoms with Gasteiger partial charge in [-0.2, -0.15) is 0 Å². The van der Waals surface area contributed by atoms with Crippen molar-refractivity contribution in [2.45, 2.75) is 51.2 Å². The van der Waals surface area contributed by atoms with Gasteiger partial charge in [-0.25, -0.2) is 0 Å². The fourth-order valence-corrected chi connectivity index (χ4v) is 4.01. The number of ether oxygens (including phenoxy) is 3. The predicted molar refractivity (Wildman–Crippen MR) is 79.0 cm³/mol. The van der Waals surface area contributed by atoms with E-state index in [4.69, 9.17) is 14.2 Å².